The van der Waals surface area contributed by atoms with Gasteiger partial charge in [-0.25, -0.2) is 4.68 Å². The number of amides is 1. The molecule has 1 saturated heterocycles. The fourth-order valence-electron chi connectivity index (χ4n) is 3.80. The molecule has 8 nitrogen and oxygen atoms in total. The zero-order valence-corrected chi connectivity index (χ0v) is 16.8. The van der Waals surface area contributed by atoms with Gasteiger partial charge < -0.3 is 14.2 Å². The third-order valence-electron chi connectivity index (χ3n) is 5.47. The van der Waals surface area contributed by atoms with Crippen LogP contribution < -0.4 is 11.1 Å². The highest BCUT2D eigenvalue weighted by molar-refractivity contribution is 5.95. The molecule has 3 aromatic rings. The van der Waals surface area contributed by atoms with Crippen molar-refractivity contribution in [3.8, 4) is 5.69 Å². The number of hydrogen-bond donors (Lipinski definition) is 1. The van der Waals surface area contributed by atoms with Crippen LogP contribution in [0.1, 0.15) is 29.0 Å². The molecule has 0 aliphatic carbocycles. The number of nitrogens with one attached hydrogen (secondary N) is 1. The van der Waals surface area contributed by atoms with E-state index in [4.69, 9.17) is 4.42 Å². The Morgan fingerprint density at radius 1 is 1.13 bits per heavy atom. The van der Waals surface area contributed by atoms with Gasteiger partial charge >= 0.3 is 0 Å². The van der Waals surface area contributed by atoms with Gasteiger partial charge in [-0.15, -0.1) is 0 Å². The summed E-state index contributed by atoms with van der Waals surface area (Å²) < 4.78 is 6.64. The highest BCUT2D eigenvalue weighted by Crippen LogP contribution is 2.22. The topological polar surface area (TPSA) is 91.5 Å². The largest absolute Gasteiger partial charge is 0.467 e. The van der Waals surface area contributed by atoms with Crippen LogP contribution in [0.4, 0.5) is 0 Å². The summed E-state index contributed by atoms with van der Waals surface area (Å²) in [5, 5.41) is 2.50. The van der Waals surface area contributed by atoms with Crippen molar-refractivity contribution >= 4 is 5.91 Å². The molecule has 1 aliphatic rings. The molecule has 4 rings (SSSR count). The Labute approximate surface area is 173 Å². The summed E-state index contributed by atoms with van der Waals surface area (Å²) in [5.74, 6) is 0.594. The number of carbonyl (C=O) groups is 1. The van der Waals surface area contributed by atoms with Crippen LogP contribution in [0, 0.1) is 0 Å². The molecule has 0 spiro atoms. The minimum atomic E-state index is -0.392. The van der Waals surface area contributed by atoms with E-state index in [1.807, 2.05) is 17.0 Å². The number of hydrogen-bond acceptors (Lipinski definition) is 5. The molecule has 30 heavy (non-hydrogen) atoms. The van der Waals surface area contributed by atoms with E-state index in [0.717, 1.165) is 36.4 Å². The minimum absolute atomic E-state index is 0.0988. The maximum atomic E-state index is 13.5. The van der Waals surface area contributed by atoms with Gasteiger partial charge in [-0.3, -0.25) is 19.5 Å². The molecule has 0 atom stereocenters. The van der Waals surface area contributed by atoms with Crippen LogP contribution in [0.3, 0.4) is 0 Å². The van der Waals surface area contributed by atoms with E-state index in [1.54, 1.807) is 30.5 Å². The Balaban J connectivity index is 1.66. The van der Waals surface area contributed by atoms with Gasteiger partial charge in [0.2, 0.25) is 0 Å². The van der Waals surface area contributed by atoms with Crippen molar-refractivity contribution in [1.29, 1.82) is 0 Å². The van der Waals surface area contributed by atoms with E-state index < -0.39 is 5.56 Å². The zero-order chi connectivity index (χ0) is 21.1. The van der Waals surface area contributed by atoms with Crippen LogP contribution >= 0.6 is 0 Å². The summed E-state index contributed by atoms with van der Waals surface area (Å²) in [4.78, 5) is 41.4. The van der Waals surface area contributed by atoms with Crippen molar-refractivity contribution in [3.05, 3.63) is 86.8 Å². The minimum Gasteiger partial charge on any atom is -0.467 e. The number of H-pyrrole nitrogens is 1. The van der Waals surface area contributed by atoms with Gasteiger partial charge in [0.25, 0.3) is 17.0 Å². The highest BCUT2D eigenvalue weighted by Gasteiger charge is 2.28. The predicted octanol–water partition coefficient (Wildman–Crippen LogP) is 1.86. The maximum Gasteiger partial charge on any atom is 0.269 e. The van der Waals surface area contributed by atoms with Gasteiger partial charge in [0.15, 0.2) is 0 Å². The van der Waals surface area contributed by atoms with Gasteiger partial charge in [0.1, 0.15) is 5.76 Å². The summed E-state index contributed by atoms with van der Waals surface area (Å²) in [5.41, 5.74) is 0.124. The first-order valence-electron chi connectivity index (χ1n) is 9.96. The number of piperidine rings is 1. The average Bonchev–Trinajstić information content (AvgIpc) is 3.27. The Bertz CT molecular complexity index is 1120. The second-order valence-electron chi connectivity index (χ2n) is 7.58. The molecular weight excluding hydrogens is 384 g/mol. The summed E-state index contributed by atoms with van der Waals surface area (Å²) in [6.45, 7) is 2.23. The number of aromatic amines is 1. The lowest BCUT2D eigenvalue weighted by Gasteiger charge is -2.37. The van der Waals surface area contributed by atoms with E-state index in [0.29, 0.717) is 17.8 Å². The number of benzene rings is 1. The fourth-order valence-corrected chi connectivity index (χ4v) is 3.80. The Hall–Kier alpha value is -3.39. The molecule has 1 aromatic carbocycles. The summed E-state index contributed by atoms with van der Waals surface area (Å²) in [6, 6.07) is 12.9. The molecule has 1 aliphatic heterocycles. The van der Waals surface area contributed by atoms with Crippen LogP contribution in [0.2, 0.25) is 0 Å². The molecule has 0 unspecified atom stereocenters. The molecule has 2 aromatic heterocycles. The molecular formula is C22H24N4O4. The van der Waals surface area contributed by atoms with Crippen molar-refractivity contribution in [2.24, 2.45) is 0 Å². The first-order valence-corrected chi connectivity index (χ1v) is 9.96. The zero-order valence-electron chi connectivity index (χ0n) is 16.8. The van der Waals surface area contributed by atoms with E-state index >= 15 is 0 Å². The number of rotatable bonds is 5. The van der Waals surface area contributed by atoms with E-state index in [2.05, 4.69) is 17.0 Å². The number of furan rings is 1. The maximum absolute atomic E-state index is 13.5. The van der Waals surface area contributed by atoms with Crippen molar-refractivity contribution in [1.82, 2.24) is 19.6 Å². The van der Waals surface area contributed by atoms with Gasteiger partial charge in [-0.1, -0.05) is 6.07 Å². The molecule has 1 fully saturated rings. The van der Waals surface area contributed by atoms with E-state index in [-0.39, 0.29) is 17.5 Å². The van der Waals surface area contributed by atoms with E-state index in [9.17, 15) is 14.4 Å². The SMILES string of the molecule is CN1CCC(N(Cc2ccco2)C(=O)c2cccc(-n3[nH]c(=O)ccc3=O)c2)CC1. The van der Waals surface area contributed by atoms with Crippen molar-refractivity contribution < 1.29 is 9.21 Å². The standard InChI is InChI=1S/C22H24N4O4/c1-24-11-9-17(10-12-24)25(15-19-6-3-13-30-19)22(29)16-4-2-5-18(14-16)26-21(28)8-7-20(27)23-26/h2-8,13-14,17H,9-12,15H2,1H3,(H,23,27). The van der Waals surface area contributed by atoms with Crippen LogP contribution in [0.25, 0.3) is 5.69 Å². The molecule has 1 N–H and O–H groups in total. The van der Waals surface area contributed by atoms with Gasteiger partial charge in [-0.05, 0) is 63.3 Å². The smallest absolute Gasteiger partial charge is 0.269 e. The van der Waals surface area contributed by atoms with Crippen molar-refractivity contribution in [2.75, 3.05) is 20.1 Å². The molecule has 0 bridgehead atoms. The van der Waals surface area contributed by atoms with Crippen LogP contribution in [0.15, 0.2) is 68.8 Å². The Kier molecular flexibility index (Phi) is 5.67. The molecule has 3 heterocycles. The first kappa shape index (κ1) is 19.9. The Morgan fingerprint density at radius 3 is 2.67 bits per heavy atom. The second kappa shape index (κ2) is 8.54. The molecule has 0 saturated carbocycles. The quantitative estimate of drug-likeness (QED) is 0.696. The number of carbonyl (C=O) groups excluding carboxylic acids is 1. The van der Waals surface area contributed by atoms with Gasteiger partial charge in [0, 0.05) is 23.7 Å². The lowest BCUT2D eigenvalue weighted by atomic mass is 10.0. The molecule has 8 heteroatoms. The van der Waals surface area contributed by atoms with Gasteiger partial charge in [0.05, 0.1) is 18.5 Å². The number of aromatic nitrogens is 2. The third kappa shape index (κ3) is 4.28. The fraction of sp³-hybridized carbons (Fsp3) is 0.318. The summed E-state index contributed by atoms with van der Waals surface area (Å²) in [7, 11) is 2.08. The highest BCUT2D eigenvalue weighted by atomic mass is 16.3. The van der Waals surface area contributed by atoms with Crippen LogP contribution in [0.5, 0.6) is 0 Å². The normalized spacial score (nSPS) is 15.2. The van der Waals surface area contributed by atoms with Gasteiger partial charge in [-0.2, -0.15) is 0 Å². The molecule has 156 valence electrons. The molecule has 0 radical (unpaired) electrons. The predicted molar refractivity (Wildman–Crippen MR) is 112 cm³/mol. The third-order valence-corrected chi connectivity index (χ3v) is 5.47. The summed E-state index contributed by atoms with van der Waals surface area (Å²) >= 11 is 0. The summed E-state index contributed by atoms with van der Waals surface area (Å²) in [6.07, 6.45) is 3.37. The monoisotopic (exact) mass is 408 g/mol. The van der Waals surface area contributed by atoms with Crippen LogP contribution in [-0.2, 0) is 6.54 Å². The first-order chi connectivity index (χ1) is 14.5. The lowest BCUT2D eigenvalue weighted by molar-refractivity contribution is 0.0550. The van der Waals surface area contributed by atoms with Crippen molar-refractivity contribution in [3.63, 3.8) is 0 Å². The second-order valence-corrected chi connectivity index (χ2v) is 7.58. The van der Waals surface area contributed by atoms with Crippen LogP contribution in [-0.4, -0.2) is 51.7 Å². The molecule has 1 amide bonds. The number of nitrogens with zero attached hydrogens (tertiary/aromatic N) is 3. The average molecular weight is 408 g/mol. The van der Waals surface area contributed by atoms with E-state index in [1.165, 1.54) is 12.1 Å². The lowest BCUT2D eigenvalue weighted by Crippen LogP contribution is -2.46. The Morgan fingerprint density at radius 2 is 1.93 bits per heavy atom. The number of likely N-dealkylation sites (tertiary alicyclic amines) is 1. The van der Waals surface area contributed by atoms with Crippen molar-refractivity contribution in [2.45, 2.75) is 25.4 Å².